The van der Waals surface area contributed by atoms with Gasteiger partial charge in [0.15, 0.2) is 0 Å². The van der Waals surface area contributed by atoms with E-state index in [0.717, 1.165) is 35.9 Å². The minimum Gasteiger partial charge on any atom is -0.371 e. The number of rotatable bonds is 4. The average molecular weight is 346 g/mol. The first-order valence-corrected chi connectivity index (χ1v) is 8.39. The van der Waals surface area contributed by atoms with Gasteiger partial charge in [-0.1, -0.05) is 11.6 Å². The summed E-state index contributed by atoms with van der Waals surface area (Å²) in [6.45, 7) is 4.18. The molecule has 6 heteroatoms. The normalized spacial score (nSPS) is 17.1. The molecule has 5 nitrogen and oxygen atoms in total. The molecule has 126 valence electrons. The number of hydrogen-bond donors (Lipinski definition) is 2. The van der Waals surface area contributed by atoms with Crippen molar-refractivity contribution in [2.45, 2.75) is 13.3 Å². The van der Waals surface area contributed by atoms with Gasteiger partial charge in [0.2, 0.25) is 0 Å². The first-order chi connectivity index (χ1) is 11.5. The third kappa shape index (κ3) is 3.79. The maximum absolute atomic E-state index is 12.2. The van der Waals surface area contributed by atoms with Crippen LogP contribution in [0.5, 0.6) is 0 Å². The zero-order valence-electron chi connectivity index (χ0n) is 13.5. The highest BCUT2D eigenvalue weighted by Gasteiger charge is 2.23. The molecule has 1 saturated heterocycles. The number of aromatic nitrogens is 1. The van der Waals surface area contributed by atoms with Gasteiger partial charge in [0.25, 0.3) is 11.5 Å². The number of aryl methyl sites for hydroxylation is 1. The van der Waals surface area contributed by atoms with Gasteiger partial charge in [0.05, 0.1) is 0 Å². The van der Waals surface area contributed by atoms with Crippen LogP contribution in [-0.2, 0) is 0 Å². The van der Waals surface area contributed by atoms with Gasteiger partial charge in [0, 0.05) is 36.0 Å². The summed E-state index contributed by atoms with van der Waals surface area (Å²) in [5.74, 6) is 0.0513. The van der Waals surface area contributed by atoms with Crippen LogP contribution in [0.2, 0.25) is 5.02 Å². The van der Waals surface area contributed by atoms with Crippen LogP contribution in [0.1, 0.15) is 22.5 Å². The lowest BCUT2D eigenvalue weighted by molar-refractivity contribution is 0.0946. The Labute approximate surface area is 145 Å². The van der Waals surface area contributed by atoms with E-state index < -0.39 is 0 Å². The molecule has 1 fully saturated rings. The SMILES string of the molecule is Cc1ccc(C(=O)NC[C@H]2CCN(c3ccc(Cl)cc3)C2)c(=O)[nH]1. The number of anilines is 1. The van der Waals surface area contributed by atoms with Crippen LogP contribution >= 0.6 is 11.6 Å². The highest BCUT2D eigenvalue weighted by atomic mass is 35.5. The first-order valence-electron chi connectivity index (χ1n) is 8.01. The predicted molar refractivity (Wildman–Crippen MR) is 95.9 cm³/mol. The van der Waals surface area contributed by atoms with E-state index in [9.17, 15) is 9.59 Å². The van der Waals surface area contributed by atoms with Crippen molar-refractivity contribution in [2.24, 2.45) is 5.92 Å². The lowest BCUT2D eigenvalue weighted by Gasteiger charge is -2.19. The smallest absolute Gasteiger partial charge is 0.260 e. The van der Waals surface area contributed by atoms with Crippen molar-refractivity contribution in [2.75, 3.05) is 24.5 Å². The van der Waals surface area contributed by atoms with Gasteiger partial charge in [-0.25, -0.2) is 0 Å². The molecule has 2 N–H and O–H groups in total. The number of carbonyl (C=O) groups is 1. The highest BCUT2D eigenvalue weighted by Crippen LogP contribution is 2.24. The number of carbonyl (C=O) groups excluding carboxylic acids is 1. The van der Waals surface area contributed by atoms with Crippen molar-refractivity contribution in [3.63, 3.8) is 0 Å². The lowest BCUT2D eigenvalue weighted by Crippen LogP contribution is -2.34. The van der Waals surface area contributed by atoms with Gasteiger partial charge < -0.3 is 15.2 Å². The number of nitrogens with zero attached hydrogens (tertiary/aromatic N) is 1. The van der Waals surface area contributed by atoms with E-state index in [1.54, 1.807) is 19.1 Å². The van der Waals surface area contributed by atoms with Gasteiger partial charge in [0.1, 0.15) is 5.56 Å². The Morgan fingerprint density at radius 2 is 2.04 bits per heavy atom. The molecule has 0 radical (unpaired) electrons. The Morgan fingerprint density at radius 3 is 2.75 bits per heavy atom. The van der Waals surface area contributed by atoms with Crippen molar-refractivity contribution < 1.29 is 4.79 Å². The molecular weight excluding hydrogens is 326 g/mol. The summed E-state index contributed by atoms with van der Waals surface area (Å²) >= 11 is 5.92. The molecule has 0 aliphatic carbocycles. The molecule has 1 aliphatic heterocycles. The summed E-state index contributed by atoms with van der Waals surface area (Å²) in [5.41, 5.74) is 1.70. The number of benzene rings is 1. The summed E-state index contributed by atoms with van der Waals surface area (Å²) in [4.78, 5) is 28.9. The number of pyridine rings is 1. The molecule has 1 aromatic heterocycles. The molecule has 3 rings (SSSR count). The van der Waals surface area contributed by atoms with Crippen LogP contribution < -0.4 is 15.8 Å². The monoisotopic (exact) mass is 345 g/mol. The molecule has 0 spiro atoms. The van der Waals surface area contributed by atoms with E-state index in [4.69, 9.17) is 11.6 Å². The lowest BCUT2D eigenvalue weighted by atomic mass is 10.1. The van der Waals surface area contributed by atoms with Crippen LogP contribution in [0.3, 0.4) is 0 Å². The van der Waals surface area contributed by atoms with Crippen LogP contribution in [0, 0.1) is 12.8 Å². The largest absolute Gasteiger partial charge is 0.371 e. The summed E-state index contributed by atoms with van der Waals surface area (Å²) in [6.07, 6.45) is 1.01. The van der Waals surface area contributed by atoms with E-state index in [-0.39, 0.29) is 17.0 Å². The highest BCUT2D eigenvalue weighted by molar-refractivity contribution is 6.30. The van der Waals surface area contributed by atoms with E-state index in [1.807, 2.05) is 24.3 Å². The van der Waals surface area contributed by atoms with Crippen LogP contribution in [0.15, 0.2) is 41.2 Å². The van der Waals surface area contributed by atoms with Gasteiger partial charge in [-0.3, -0.25) is 9.59 Å². The maximum Gasteiger partial charge on any atom is 0.260 e. The minimum atomic E-state index is -0.346. The third-order valence-electron chi connectivity index (χ3n) is 4.33. The minimum absolute atomic E-state index is 0.160. The molecule has 2 aromatic rings. The Hall–Kier alpha value is -2.27. The predicted octanol–water partition coefficient (Wildman–Crippen LogP) is 2.59. The van der Waals surface area contributed by atoms with Crippen molar-refractivity contribution in [1.82, 2.24) is 10.3 Å². The Kier molecular flexibility index (Phi) is 4.90. The van der Waals surface area contributed by atoms with Crippen LogP contribution in [-0.4, -0.2) is 30.5 Å². The van der Waals surface area contributed by atoms with Gasteiger partial charge in [-0.15, -0.1) is 0 Å². The molecule has 1 aliphatic rings. The zero-order valence-corrected chi connectivity index (χ0v) is 14.3. The van der Waals surface area contributed by atoms with Crippen LogP contribution in [0.4, 0.5) is 5.69 Å². The molecule has 1 amide bonds. The second kappa shape index (κ2) is 7.09. The zero-order chi connectivity index (χ0) is 17.1. The maximum atomic E-state index is 12.2. The Bertz CT molecular complexity index is 786. The van der Waals surface area contributed by atoms with E-state index in [0.29, 0.717) is 12.5 Å². The number of H-pyrrole nitrogens is 1. The Morgan fingerprint density at radius 1 is 1.29 bits per heavy atom. The number of hydrogen-bond acceptors (Lipinski definition) is 3. The second-order valence-corrected chi connectivity index (χ2v) is 6.61. The van der Waals surface area contributed by atoms with Crippen LogP contribution in [0.25, 0.3) is 0 Å². The molecule has 24 heavy (non-hydrogen) atoms. The molecule has 0 bridgehead atoms. The van der Waals surface area contributed by atoms with Gasteiger partial charge >= 0.3 is 0 Å². The quantitative estimate of drug-likeness (QED) is 0.895. The first kappa shape index (κ1) is 16.6. The summed E-state index contributed by atoms with van der Waals surface area (Å²) in [5, 5.41) is 3.60. The fraction of sp³-hybridized carbons (Fsp3) is 0.333. The molecule has 0 saturated carbocycles. The van der Waals surface area contributed by atoms with Gasteiger partial charge in [-0.05, 0) is 55.7 Å². The van der Waals surface area contributed by atoms with Crippen molar-refractivity contribution >= 4 is 23.2 Å². The molecule has 2 heterocycles. The molecule has 1 aromatic carbocycles. The Balaban J connectivity index is 1.55. The summed E-state index contributed by atoms with van der Waals surface area (Å²) in [7, 11) is 0. The summed E-state index contributed by atoms with van der Waals surface area (Å²) < 4.78 is 0. The van der Waals surface area contributed by atoms with E-state index in [2.05, 4.69) is 15.2 Å². The second-order valence-electron chi connectivity index (χ2n) is 6.17. The average Bonchev–Trinajstić information content (AvgIpc) is 3.02. The molecular formula is C18H20ClN3O2. The van der Waals surface area contributed by atoms with Gasteiger partial charge in [-0.2, -0.15) is 0 Å². The number of halogens is 1. The third-order valence-corrected chi connectivity index (χ3v) is 4.58. The van der Waals surface area contributed by atoms with Crippen molar-refractivity contribution in [3.8, 4) is 0 Å². The summed E-state index contributed by atoms with van der Waals surface area (Å²) in [6, 6.07) is 11.1. The van der Waals surface area contributed by atoms with Crippen molar-refractivity contribution in [1.29, 1.82) is 0 Å². The fourth-order valence-electron chi connectivity index (χ4n) is 2.97. The number of aromatic amines is 1. The number of nitrogens with one attached hydrogen (secondary N) is 2. The topological polar surface area (TPSA) is 65.2 Å². The van der Waals surface area contributed by atoms with E-state index >= 15 is 0 Å². The van der Waals surface area contributed by atoms with E-state index in [1.165, 1.54) is 0 Å². The van der Waals surface area contributed by atoms with Crippen molar-refractivity contribution in [3.05, 3.63) is 63.0 Å². The standard InChI is InChI=1S/C18H20ClN3O2/c1-12-2-7-16(18(24)21-12)17(23)20-10-13-8-9-22(11-13)15-5-3-14(19)4-6-15/h2-7,13H,8-11H2,1H3,(H,20,23)(H,21,24)/t13-/m1/s1. The molecule has 1 atom stereocenters. The number of amides is 1. The molecule has 0 unspecified atom stereocenters. The fourth-order valence-corrected chi connectivity index (χ4v) is 3.09.